The number of hydrogen-bond donors (Lipinski definition) is 0. The van der Waals surface area contributed by atoms with Crippen LogP contribution in [0.3, 0.4) is 0 Å². The van der Waals surface area contributed by atoms with E-state index in [1.165, 1.54) is 0 Å². The van der Waals surface area contributed by atoms with E-state index in [1.807, 2.05) is 13.0 Å². The van der Waals surface area contributed by atoms with E-state index in [0.29, 0.717) is 24.6 Å². The van der Waals surface area contributed by atoms with E-state index in [1.54, 1.807) is 18.5 Å². The molecule has 24 heavy (non-hydrogen) atoms. The van der Waals surface area contributed by atoms with Gasteiger partial charge in [-0.3, -0.25) is 4.90 Å². The number of fused-ring (bicyclic) bond motifs is 1. The Morgan fingerprint density at radius 3 is 2.92 bits per heavy atom. The maximum atomic E-state index is 6.08. The molecule has 3 atom stereocenters. The molecular weight excluding hydrogens is 306 g/mol. The van der Waals surface area contributed by atoms with Crippen molar-refractivity contribution in [1.82, 2.24) is 14.9 Å². The molecule has 6 nitrogen and oxygen atoms in total. The molecule has 0 N–H and O–H groups in total. The molecule has 0 spiro atoms. The molecule has 0 radical (unpaired) electrons. The lowest BCUT2D eigenvalue weighted by Gasteiger charge is -2.38. The lowest BCUT2D eigenvalue weighted by atomic mass is 10.0. The summed E-state index contributed by atoms with van der Waals surface area (Å²) in [5.41, 5.74) is 0. The Bertz CT molecular complexity index is 661. The Labute approximate surface area is 141 Å². The van der Waals surface area contributed by atoms with Crippen LogP contribution in [0.15, 0.2) is 35.0 Å². The van der Waals surface area contributed by atoms with Crippen molar-refractivity contribution in [2.45, 2.75) is 38.5 Å². The first-order chi connectivity index (χ1) is 11.8. The SMILES string of the molecule is Cc1ccc(CN2CCOC3C(COc4ncccn4)CCC32)o1. The number of ether oxygens (including phenoxy) is 2. The highest BCUT2D eigenvalue weighted by atomic mass is 16.5. The first-order valence-electron chi connectivity index (χ1n) is 8.60. The third kappa shape index (κ3) is 3.30. The van der Waals surface area contributed by atoms with Crippen molar-refractivity contribution >= 4 is 0 Å². The van der Waals surface area contributed by atoms with E-state index in [0.717, 1.165) is 44.1 Å². The number of hydrogen-bond acceptors (Lipinski definition) is 6. The van der Waals surface area contributed by atoms with Crippen LogP contribution in [0.5, 0.6) is 6.01 Å². The molecule has 0 bridgehead atoms. The second-order valence-electron chi connectivity index (χ2n) is 6.57. The number of nitrogens with zero attached hydrogens (tertiary/aromatic N) is 3. The van der Waals surface area contributed by atoms with Crippen LogP contribution >= 0.6 is 0 Å². The third-order valence-corrected chi connectivity index (χ3v) is 4.96. The van der Waals surface area contributed by atoms with Gasteiger partial charge in [0, 0.05) is 30.9 Å². The fourth-order valence-corrected chi connectivity index (χ4v) is 3.82. The molecule has 2 aromatic heterocycles. The van der Waals surface area contributed by atoms with Crippen LogP contribution in [0.2, 0.25) is 0 Å². The number of aryl methyl sites for hydroxylation is 1. The maximum Gasteiger partial charge on any atom is 0.316 e. The van der Waals surface area contributed by atoms with Crippen molar-refractivity contribution in [3.63, 3.8) is 0 Å². The van der Waals surface area contributed by atoms with Crippen LogP contribution in [0.25, 0.3) is 0 Å². The third-order valence-electron chi connectivity index (χ3n) is 4.96. The molecule has 3 heterocycles. The lowest BCUT2D eigenvalue weighted by Crippen LogP contribution is -2.50. The van der Waals surface area contributed by atoms with Crippen molar-refractivity contribution in [2.24, 2.45) is 5.92 Å². The standard InChI is InChI=1S/C18H23N3O3/c1-13-3-5-15(24-13)11-21-9-10-22-17-14(4-6-16(17)21)12-23-18-19-7-2-8-20-18/h2-3,5,7-8,14,16-17H,4,6,9-12H2,1H3. The minimum atomic E-state index is 0.221. The largest absolute Gasteiger partial charge is 0.465 e. The van der Waals surface area contributed by atoms with Crippen LogP contribution in [0.4, 0.5) is 0 Å². The van der Waals surface area contributed by atoms with Crippen LogP contribution in [-0.4, -0.2) is 46.8 Å². The zero-order valence-electron chi connectivity index (χ0n) is 13.9. The summed E-state index contributed by atoms with van der Waals surface area (Å²) in [6.07, 6.45) is 5.86. The van der Waals surface area contributed by atoms with Gasteiger partial charge in [0.25, 0.3) is 0 Å². The van der Waals surface area contributed by atoms with Crippen LogP contribution in [0, 0.1) is 12.8 Å². The van der Waals surface area contributed by atoms with Gasteiger partial charge >= 0.3 is 6.01 Å². The Hall–Kier alpha value is -1.92. The number of furan rings is 1. The molecule has 1 saturated carbocycles. The number of aromatic nitrogens is 2. The van der Waals surface area contributed by atoms with Crippen LogP contribution < -0.4 is 4.74 Å². The average molecular weight is 329 g/mol. The van der Waals surface area contributed by atoms with Gasteiger partial charge in [-0.2, -0.15) is 0 Å². The molecule has 0 aromatic carbocycles. The summed E-state index contributed by atoms with van der Waals surface area (Å²) in [6, 6.07) is 6.77. The highest BCUT2D eigenvalue weighted by molar-refractivity contribution is 5.07. The predicted octanol–water partition coefficient (Wildman–Crippen LogP) is 2.44. The molecule has 1 aliphatic heterocycles. The molecule has 3 unspecified atom stereocenters. The molecule has 6 heteroatoms. The summed E-state index contributed by atoms with van der Waals surface area (Å²) >= 11 is 0. The summed E-state index contributed by atoms with van der Waals surface area (Å²) in [7, 11) is 0. The molecule has 128 valence electrons. The molecular formula is C18H23N3O3. The maximum absolute atomic E-state index is 6.08. The van der Waals surface area contributed by atoms with Crippen LogP contribution in [0.1, 0.15) is 24.4 Å². The predicted molar refractivity (Wildman–Crippen MR) is 87.6 cm³/mol. The van der Waals surface area contributed by atoms with E-state index in [9.17, 15) is 0 Å². The topological polar surface area (TPSA) is 60.6 Å². The average Bonchev–Trinajstić information content (AvgIpc) is 3.21. The van der Waals surface area contributed by atoms with E-state index in [4.69, 9.17) is 13.9 Å². The van der Waals surface area contributed by atoms with E-state index in [2.05, 4.69) is 20.9 Å². The second kappa shape index (κ2) is 6.91. The van der Waals surface area contributed by atoms with Crippen molar-refractivity contribution in [2.75, 3.05) is 19.8 Å². The summed E-state index contributed by atoms with van der Waals surface area (Å²) in [4.78, 5) is 10.7. The monoisotopic (exact) mass is 329 g/mol. The van der Waals surface area contributed by atoms with Gasteiger partial charge in [0.05, 0.1) is 25.9 Å². The molecule has 0 amide bonds. The minimum absolute atomic E-state index is 0.221. The van der Waals surface area contributed by atoms with Crippen molar-refractivity contribution in [1.29, 1.82) is 0 Å². The van der Waals surface area contributed by atoms with Gasteiger partial charge in [-0.25, -0.2) is 9.97 Å². The zero-order chi connectivity index (χ0) is 16.4. The first kappa shape index (κ1) is 15.6. The van der Waals surface area contributed by atoms with Gasteiger partial charge in [0.1, 0.15) is 11.5 Å². The van der Waals surface area contributed by atoms with E-state index >= 15 is 0 Å². The summed E-state index contributed by atoms with van der Waals surface area (Å²) in [5, 5.41) is 0. The normalized spacial score (nSPS) is 27.1. The summed E-state index contributed by atoms with van der Waals surface area (Å²) in [6.45, 7) is 5.17. The molecule has 2 fully saturated rings. The summed E-state index contributed by atoms with van der Waals surface area (Å²) in [5.74, 6) is 2.39. The zero-order valence-corrected chi connectivity index (χ0v) is 13.9. The van der Waals surface area contributed by atoms with Crippen LogP contribution in [-0.2, 0) is 11.3 Å². The van der Waals surface area contributed by atoms with E-state index < -0.39 is 0 Å². The smallest absolute Gasteiger partial charge is 0.316 e. The van der Waals surface area contributed by atoms with Crippen molar-refractivity contribution < 1.29 is 13.9 Å². The van der Waals surface area contributed by atoms with Gasteiger partial charge in [0.15, 0.2) is 0 Å². The first-order valence-corrected chi connectivity index (χ1v) is 8.60. The second-order valence-corrected chi connectivity index (χ2v) is 6.57. The Balaban J connectivity index is 1.37. The lowest BCUT2D eigenvalue weighted by molar-refractivity contribution is -0.0834. The van der Waals surface area contributed by atoms with Gasteiger partial charge in [0.2, 0.25) is 0 Å². The van der Waals surface area contributed by atoms with Gasteiger partial charge < -0.3 is 13.9 Å². The molecule has 1 saturated heterocycles. The number of morpholine rings is 1. The molecule has 2 aromatic rings. The molecule has 2 aliphatic rings. The van der Waals surface area contributed by atoms with Crippen molar-refractivity contribution in [3.8, 4) is 6.01 Å². The molecule has 1 aliphatic carbocycles. The fourth-order valence-electron chi connectivity index (χ4n) is 3.82. The number of rotatable bonds is 5. The summed E-state index contributed by atoms with van der Waals surface area (Å²) < 4.78 is 17.6. The Morgan fingerprint density at radius 2 is 2.12 bits per heavy atom. The Kier molecular flexibility index (Phi) is 4.49. The van der Waals surface area contributed by atoms with Gasteiger partial charge in [-0.15, -0.1) is 0 Å². The van der Waals surface area contributed by atoms with E-state index in [-0.39, 0.29) is 6.10 Å². The van der Waals surface area contributed by atoms with Crippen molar-refractivity contribution in [3.05, 3.63) is 42.1 Å². The highest BCUT2D eigenvalue weighted by Gasteiger charge is 2.43. The highest BCUT2D eigenvalue weighted by Crippen LogP contribution is 2.35. The Morgan fingerprint density at radius 1 is 1.25 bits per heavy atom. The fraction of sp³-hybridized carbons (Fsp3) is 0.556. The molecule has 4 rings (SSSR count). The minimum Gasteiger partial charge on any atom is -0.465 e. The van der Waals surface area contributed by atoms with Gasteiger partial charge in [-0.05, 0) is 38.0 Å². The quantitative estimate of drug-likeness (QED) is 0.840. The van der Waals surface area contributed by atoms with Gasteiger partial charge in [-0.1, -0.05) is 0 Å².